The Kier molecular flexibility index (Phi) is 2.14. The van der Waals surface area contributed by atoms with Gasteiger partial charge in [-0.15, -0.1) is 0 Å². The number of rotatable bonds is 2. The van der Waals surface area contributed by atoms with E-state index < -0.39 is 0 Å². The van der Waals surface area contributed by atoms with Crippen LogP contribution >= 0.6 is 0 Å². The van der Waals surface area contributed by atoms with Gasteiger partial charge in [0.15, 0.2) is 0 Å². The zero-order chi connectivity index (χ0) is 7.68. The van der Waals surface area contributed by atoms with Crippen LogP contribution in [-0.4, -0.2) is 18.2 Å². The zero-order valence-corrected chi connectivity index (χ0v) is 6.96. The van der Waals surface area contributed by atoms with Crippen molar-refractivity contribution in [2.45, 2.75) is 56.8 Å². The Bertz CT molecular complexity index is 132. The van der Waals surface area contributed by atoms with Gasteiger partial charge >= 0.3 is 0 Å². The molecule has 0 heterocycles. The molecule has 11 heavy (non-hydrogen) atoms. The minimum Gasteiger partial charge on any atom is -0.373 e. The quantitative estimate of drug-likeness (QED) is 0.654. The van der Waals surface area contributed by atoms with Crippen LogP contribution in [0.5, 0.6) is 0 Å². The monoisotopic (exact) mass is 155 g/mol. The first-order valence-corrected chi connectivity index (χ1v) is 4.77. The predicted octanol–water partition coefficient (Wildman–Crippen LogP) is 1.44. The van der Waals surface area contributed by atoms with E-state index in [-0.39, 0.29) is 0 Å². The highest BCUT2D eigenvalue weighted by molar-refractivity contribution is 4.86. The van der Waals surface area contributed by atoms with Gasteiger partial charge in [-0.1, -0.05) is 12.8 Å². The van der Waals surface area contributed by atoms with Crippen LogP contribution in [0.25, 0.3) is 0 Å². The third kappa shape index (κ3) is 1.57. The maximum atomic E-state index is 5.83. The van der Waals surface area contributed by atoms with Gasteiger partial charge in [-0.2, -0.15) is 0 Å². The fourth-order valence-corrected chi connectivity index (χ4v) is 1.94. The third-order valence-corrected chi connectivity index (χ3v) is 2.93. The molecule has 2 saturated carbocycles. The third-order valence-electron chi connectivity index (χ3n) is 2.93. The van der Waals surface area contributed by atoms with Crippen LogP contribution in [0.4, 0.5) is 0 Å². The lowest BCUT2D eigenvalue weighted by atomic mass is 9.90. The van der Waals surface area contributed by atoms with Crippen LogP contribution in [0, 0.1) is 0 Å². The summed E-state index contributed by atoms with van der Waals surface area (Å²) >= 11 is 0. The number of nitrogens with two attached hydrogens (primary N) is 1. The molecule has 0 saturated heterocycles. The summed E-state index contributed by atoms with van der Waals surface area (Å²) in [5.74, 6) is 0. The van der Waals surface area contributed by atoms with Gasteiger partial charge in [-0.25, -0.2) is 0 Å². The first-order chi connectivity index (χ1) is 5.36. The SMILES string of the molecule is N[C@H]1CC[C@H]1OC1CCCC1. The topological polar surface area (TPSA) is 35.2 Å². The van der Waals surface area contributed by atoms with E-state index in [0.717, 1.165) is 6.42 Å². The van der Waals surface area contributed by atoms with Gasteiger partial charge in [-0.3, -0.25) is 0 Å². The molecule has 0 bridgehead atoms. The van der Waals surface area contributed by atoms with Crippen LogP contribution in [0.1, 0.15) is 38.5 Å². The van der Waals surface area contributed by atoms with E-state index in [1.165, 1.54) is 32.1 Å². The highest BCUT2D eigenvalue weighted by Gasteiger charge is 2.31. The molecule has 0 radical (unpaired) electrons. The summed E-state index contributed by atoms with van der Waals surface area (Å²) in [6.07, 6.45) is 8.55. The van der Waals surface area contributed by atoms with Crippen molar-refractivity contribution >= 4 is 0 Å². The molecule has 0 aliphatic heterocycles. The number of hydrogen-bond acceptors (Lipinski definition) is 2. The second-order valence-electron chi connectivity index (χ2n) is 3.82. The highest BCUT2D eigenvalue weighted by atomic mass is 16.5. The standard InChI is InChI=1S/C9H17NO/c10-8-5-6-9(8)11-7-3-1-2-4-7/h7-9H,1-6,10H2/t8-,9+/m0/s1. The second-order valence-corrected chi connectivity index (χ2v) is 3.82. The van der Waals surface area contributed by atoms with Gasteiger partial charge in [0.1, 0.15) is 0 Å². The van der Waals surface area contributed by atoms with E-state index in [1.807, 2.05) is 0 Å². The Morgan fingerprint density at radius 1 is 1.00 bits per heavy atom. The lowest BCUT2D eigenvalue weighted by Gasteiger charge is -2.35. The molecule has 2 rings (SSSR count). The van der Waals surface area contributed by atoms with Gasteiger partial charge in [0, 0.05) is 6.04 Å². The summed E-state index contributed by atoms with van der Waals surface area (Å²) in [6.45, 7) is 0. The van der Waals surface area contributed by atoms with Crippen LogP contribution in [-0.2, 0) is 4.74 Å². The Labute approximate surface area is 68.1 Å². The summed E-state index contributed by atoms with van der Waals surface area (Å²) in [5.41, 5.74) is 5.78. The molecule has 0 aromatic heterocycles. The second kappa shape index (κ2) is 3.11. The van der Waals surface area contributed by atoms with Gasteiger partial charge in [-0.05, 0) is 25.7 Å². The fraction of sp³-hybridized carbons (Fsp3) is 1.00. The Morgan fingerprint density at radius 2 is 1.73 bits per heavy atom. The Hall–Kier alpha value is -0.0800. The molecule has 2 atom stereocenters. The van der Waals surface area contributed by atoms with E-state index in [9.17, 15) is 0 Å². The molecule has 2 aliphatic carbocycles. The van der Waals surface area contributed by atoms with Gasteiger partial charge in [0.2, 0.25) is 0 Å². The minimum absolute atomic E-state index is 0.343. The van der Waals surface area contributed by atoms with Crippen molar-refractivity contribution in [1.82, 2.24) is 0 Å². The van der Waals surface area contributed by atoms with Crippen molar-refractivity contribution in [2.24, 2.45) is 5.73 Å². The van der Waals surface area contributed by atoms with Gasteiger partial charge in [0.25, 0.3) is 0 Å². The molecule has 0 amide bonds. The molecular weight excluding hydrogens is 138 g/mol. The highest BCUT2D eigenvalue weighted by Crippen LogP contribution is 2.28. The van der Waals surface area contributed by atoms with Crippen LogP contribution in [0.15, 0.2) is 0 Å². The van der Waals surface area contributed by atoms with E-state index in [4.69, 9.17) is 10.5 Å². The molecule has 0 unspecified atom stereocenters. The lowest BCUT2D eigenvalue weighted by molar-refractivity contribution is -0.0602. The van der Waals surface area contributed by atoms with Crippen LogP contribution < -0.4 is 5.73 Å². The number of ether oxygens (including phenoxy) is 1. The molecule has 2 heteroatoms. The maximum Gasteiger partial charge on any atom is 0.0730 e. The molecule has 64 valence electrons. The number of hydrogen-bond donors (Lipinski definition) is 1. The van der Waals surface area contributed by atoms with Gasteiger partial charge < -0.3 is 10.5 Å². The van der Waals surface area contributed by atoms with Crippen molar-refractivity contribution in [3.05, 3.63) is 0 Å². The van der Waals surface area contributed by atoms with E-state index in [2.05, 4.69) is 0 Å². The molecule has 0 aromatic rings. The molecule has 2 nitrogen and oxygen atoms in total. The summed E-state index contributed by atoms with van der Waals surface area (Å²) < 4.78 is 5.83. The zero-order valence-electron chi connectivity index (χ0n) is 6.96. The smallest absolute Gasteiger partial charge is 0.0730 e. The van der Waals surface area contributed by atoms with Crippen molar-refractivity contribution < 1.29 is 4.74 Å². The summed E-state index contributed by atoms with van der Waals surface area (Å²) in [5, 5.41) is 0. The predicted molar refractivity (Wildman–Crippen MR) is 44.3 cm³/mol. The molecule has 2 fully saturated rings. The van der Waals surface area contributed by atoms with Crippen LogP contribution in [0.2, 0.25) is 0 Å². The first kappa shape index (κ1) is 7.56. The van der Waals surface area contributed by atoms with Crippen molar-refractivity contribution in [3.8, 4) is 0 Å². The normalized spacial score (nSPS) is 39.0. The van der Waals surface area contributed by atoms with Gasteiger partial charge in [0.05, 0.1) is 12.2 Å². The molecular formula is C9H17NO. The Balaban J connectivity index is 1.72. The minimum atomic E-state index is 0.343. The molecule has 0 aromatic carbocycles. The first-order valence-electron chi connectivity index (χ1n) is 4.77. The summed E-state index contributed by atoms with van der Waals surface area (Å²) in [7, 11) is 0. The molecule has 0 spiro atoms. The van der Waals surface area contributed by atoms with E-state index in [0.29, 0.717) is 18.2 Å². The van der Waals surface area contributed by atoms with Crippen molar-refractivity contribution in [1.29, 1.82) is 0 Å². The maximum absolute atomic E-state index is 5.83. The Morgan fingerprint density at radius 3 is 2.18 bits per heavy atom. The van der Waals surface area contributed by atoms with E-state index >= 15 is 0 Å². The molecule has 2 N–H and O–H groups in total. The summed E-state index contributed by atoms with van der Waals surface area (Å²) in [4.78, 5) is 0. The summed E-state index contributed by atoms with van der Waals surface area (Å²) in [6, 6.07) is 0.343. The van der Waals surface area contributed by atoms with Crippen molar-refractivity contribution in [3.63, 3.8) is 0 Å². The molecule has 2 aliphatic rings. The largest absolute Gasteiger partial charge is 0.373 e. The van der Waals surface area contributed by atoms with E-state index in [1.54, 1.807) is 0 Å². The van der Waals surface area contributed by atoms with Crippen molar-refractivity contribution in [2.75, 3.05) is 0 Å². The fourth-order valence-electron chi connectivity index (χ4n) is 1.94. The van der Waals surface area contributed by atoms with Crippen LogP contribution in [0.3, 0.4) is 0 Å². The average molecular weight is 155 g/mol. The average Bonchev–Trinajstić information content (AvgIpc) is 2.49. The lowest BCUT2D eigenvalue weighted by Crippen LogP contribution is -2.47.